The predicted octanol–water partition coefficient (Wildman–Crippen LogP) is 2.80. The molecule has 1 aliphatic heterocycles. The number of rotatable bonds is 9. The van der Waals surface area contributed by atoms with Gasteiger partial charge in [0.25, 0.3) is 0 Å². The molecule has 0 bridgehead atoms. The average molecular weight is 427 g/mol. The van der Waals surface area contributed by atoms with Crippen LogP contribution in [0.5, 0.6) is 0 Å². The van der Waals surface area contributed by atoms with Crippen LogP contribution in [0.1, 0.15) is 48.9 Å². The summed E-state index contributed by atoms with van der Waals surface area (Å²) in [5.74, 6) is 1.73. The molecule has 1 aliphatic rings. The fourth-order valence-corrected chi connectivity index (χ4v) is 4.00. The van der Waals surface area contributed by atoms with Crippen LogP contribution < -0.4 is 10.6 Å². The second-order valence-electron chi connectivity index (χ2n) is 8.04. The van der Waals surface area contributed by atoms with Gasteiger partial charge in [-0.2, -0.15) is 0 Å². The normalized spacial score (nSPS) is 15.9. The van der Waals surface area contributed by atoms with E-state index in [1.165, 1.54) is 24.2 Å². The number of nitrogens with one attached hydrogen (secondary N) is 2. The van der Waals surface area contributed by atoms with E-state index in [-0.39, 0.29) is 0 Å². The minimum absolute atomic E-state index is 0.666. The standard InChI is InChI=1S/C24H38N6O/c1-5-22-21(23(6-2)31-28-22)17-27-24(25-4)26-16-19-8-10-20(11-9-19)18-30-14-12-29(7-3)13-15-30/h8-11H,5-7,12-18H2,1-4H3,(H2,25,26,27). The van der Waals surface area contributed by atoms with Crippen LogP contribution in [-0.2, 0) is 32.5 Å². The zero-order valence-corrected chi connectivity index (χ0v) is 19.6. The smallest absolute Gasteiger partial charge is 0.191 e. The van der Waals surface area contributed by atoms with Crippen LogP contribution >= 0.6 is 0 Å². The molecule has 0 amide bonds. The molecule has 1 aromatic carbocycles. The molecule has 0 atom stereocenters. The summed E-state index contributed by atoms with van der Waals surface area (Å²) < 4.78 is 5.45. The lowest BCUT2D eigenvalue weighted by atomic mass is 10.1. The lowest BCUT2D eigenvalue weighted by Crippen LogP contribution is -2.45. The van der Waals surface area contributed by atoms with Crippen LogP contribution in [0.4, 0.5) is 0 Å². The number of likely N-dealkylation sites (N-methyl/N-ethyl adjacent to an activating group) is 1. The molecule has 2 heterocycles. The van der Waals surface area contributed by atoms with E-state index in [1.807, 2.05) is 0 Å². The summed E-state index contributed by atoms with van der Waals surface area (Å²) in [5, 5.41) is 11.0. The number of hydrogen-bond donors (Lipinski definition) is 2. The van der Waals surface area contributed by atoms with Crippen molar-refractivity contribution < 1.29 is 4.52 Å². The summed E-state index contributed by atoms with van der Waals surface area (Å²) in [4.78, 5) is 9.42. The Balaban J connectivity index is 1.46. The van der Waals surface area contributed by atoms with Crippen LogP contribution in [0, 0.1) is 0 Å². The summed E-state index contributed by atoms with van der Waals surface area (Å²) >= 11 is 0. The van der Waals surface area contributed by atoms with Crippen molar-refractivity contribution in [2.45, 2.75) is 53.2 Å². The lowest BCUT2D eigenvalue weighted by molar-refractivity contribution is 0.132. The average Bonchev–Trinajstić information content (AvgIpc) is 3.22. The molecule has 31 heavy (non-hydrogen) atoms. The summed E-state index contributed by atoms with van der Waals surface area (Å²) in [6, 6.07) is 8.92. The van der Waals surface area contributed by atoms with E-state index in [0.717, 1.165) is 68.5 Å². The van der Waals surface area contributed by atoms with Gasteiger partial charge in [-0.05, 0) is 24.1 Å². The molecule has 1 fully saturated rings. The first kappa shape index (κ1) is 23.3. The van der Waals surface area contributed by atoms with E-state index >= 15 is 0 Å². The van der Waals surface area contributed by atoms with Crippen LogP contribution in [0.2, 0.25) is 0 Å². The number of aryl methyl sites for hydroxylation is 2. The fourth-order valence-electron chi connectivity index (χ4n) is 4.00. The molecule has 2 N–H and O–H groups in total. The van der Waals surface area contributed by atoms with Crippen molar-refractivity contribution in [2.24, 2.45) is 4.99 Å². The van der Waals surface area contributed by atoms with Crippen molar-refractivity contribution in [2.75, 3.05) is 39.8 Å². The minimum atomic E-state index is 0.666. The van der Waals surface area contributed by atoms with Gasteiger partial charge in [-0.15, -0.1) is 0 Å². The number of hydrogen-bond acceptors (Lipinski definition) is 5. The van der Waals surface area contributed by atoms with Crippen molar-refractivity contribution in [3.05, 3.63) is 52.4 Å². The zero-order chi connectivity index (χ0) is 22.1. The van der Waals surface area contributed by atoms with Gasteiger partial charge in [0, 0.05) is 64.8 Å². The molecular formula is C24H38N6O. The van der Waals surface area contributed by atoms with Crippen molar-refractivity contribution in [1.82, 2.24) is 25.6 Å². The number of nitrogens with zero attached hydrogens (tertiary/aromatic N) is 4. The summed E-state index contributed by atoms with van der Waals surface area (Å²) in [6.07, 6.45) is 1.71. The third-order valence-electron chi connectivity index (χ3n) is 6.06. The Hall–Kier alpha value is -2.38. The molecular weight excluding hydrogens is 388 g/mol. The molecule has 1 saturated heterocycles. The summed E-state index contributed by atoms with van der Waals surface area (Å²) in [5.41, 5.74) is 4.79. The van der Waals surface area contributed by atoms with Gasteiger partial charge in [0.2, 0.25) is 0 Å². The van der Waals surface area contributed by atoms with Crippen molar-refractivity contribution >= 4 is 5.96 Å². The maximum Gasteiger partial charge on any atom is 0.191 e. The van der Waals surface area contributed by atoms with E-state index in [1.54, 1.807) is 7.05 Å². The molecule has 0 spiro atoms. The summed E-state index contributed by atoms with van der Waals surface area (Å²) in [6.45, 7) is 14.7. The van der Waals surface area contributed by atoms with Gasteiger partial charge in [-0.3, -0.25) is 9.89 Å². The molecule has 7 heteroatoms. The van der Waals surface area contributed by atoms with Gasteiger partial charge in [-0.25, -0.2) is 0 Å². The molecule has 0 aliphatic carbocycles. The Bertz CT molecular complexity index is 800. The van der Waals surface area contributed by atoms with Crippen molar-refractivity contribution in [3.63, 3.8) is 0 Å². The predicted molar refractivity (Wildman–Crippen MR) is 126 cm³/mol. The largest absolute Gasteiger partial charge is 0.361 e. The highest BCUT2D eigenvalue weighted by molar-refractivity contribution is 5.79. The van der Waals surface area contributed by atoms with Gasteiger partial charge >= 0.3 is 0 Å². The van der Waals surface area contributed by atoms with E-state index < -0.39 is 0 Å². The van der Waals surface area contributed by atoms with Crippen LogP contribution in [0.3, 0.4) is 0 Å². The third kappa shape index (κ3) is 6.55. The monoisotopic (exact) mass is 426 g/mol. The number of aliphatic imine (C=N–C) groups is 1. The molecule has 0 radical (unpaired) electrons. The van der Waals surface area contributed by atoms with Crippen molar-refractivity contribution in [1.29, 1.82) is 0 Å². The third-order valence-corrected chi connectivity index (χ3v) is 6.06. The Morgan fingerprint density at radius 3 is 2.19 bits per heavy atom. The van der Waals surface area contributed by atoms with Gasteiger partial charge in [0.15, 0.2) is 5.96 Å². The maximum absolute atomic E-state index is 5.45. The highest BCUT2D eigenvalue weighted by Crippen LogP contribution is 2.15. The highest BCUT2D eigenvalue weighted by Gasteiger charge is 2.16. The van der Waals surface area contributed by atoms with Gasteiger partial charge in [-0.1, -0.05) is 50.2 Å². The first-order valence-corrected chi connectivity index (χ1v) is 11.6. The number of piperazine rings is 1. The molecule has 1 aromatic heterocycles. The van der Waals surface area contributed by atoms with Gasteiger partial charge in [0.1, 0.15) is 5.76 Å². The minimum Gasteiger partial charge on any atom is -0.361 e. The second-order valence-corrected chi connectivity index (χ2v) is 8.04. The highest BCUT2D eigenvalue weighted by atomic mass is 16.5. The topological polar surface area (TPSA) is 68.9 Å². The molecule has 3 rings (SSSR count). The van der Waals surface area contributed by atoms with Crippen LogP contribution in [0.25, 0.3) is 0 Å². The first-order valence-electron chi connectivity index (χ1n) is 11.6. The Labute approximate surface area is 186 Å². The van der Waals surface area contributed by atoms with E-state index in [9.17, 15) is 0 Å². The Morgan fingerprint density at radius 1 is 0.935 bits per heavy atom. The summed E-state index contributed by atoms with van der Waals surface area (Å²) in [7, 11) is 1.80. The van der Waals surface area contributed by atoms with Crippen LogP contribution in [0.15, 0.2) is 33.8 Å². The van der Waals surface area contributed by atoms with Gasteiger partial charge < -0.3 is 20.1 Å². The van der Waals surface area contributed by atoms with Crippen molar-refractivity contribution in [3.8, 4) is 0 Å². The van der Waals surface area contributed by atoms with E-state index in [4.69, 9.17) is 4.52 Å². The van der Waals surface area contributed by atoms with E-state index in [2.05, 4.69) is 75.6 Å². The molecule has 170 valence electrons. The maximum atomic E-state index is 5.45. The molecule has 2 aromatic rings. The molecule has 7 nitrogen and oxygen atoms in total. The van der Waals surface area contributed by atoms with Gasteiger partial charge in [0.05, 0.1) is 5.69 Å². The Morgan fingerprint density at radius 2 is 1.58 bits per heavy atom. The lowest BCUT2D eigenvalue weighted by Gasteiger charge is -2.34. The fraction of sp³-hybridized carbons (Fsp3) is 0.583. The second kappa shape index (κ2) is 11.9. The first-order chi connectivity index (χ1) is 15.2. The number of benzene rings is 1. The van der Waals surface area contributed by atoms with E-state index in [0.29, 0.717) is 6.54 Å². The zero-order valence-electron chi connectivity index (χ0n) is 19.6. The van der Waals surface area contributed by atoms with Crippen LogP contribution in [-0.4, -0.2) is 60.7 Å². The number of guanidine groups is 1. The quantitative estimate of drug-likeness (QED) is 0.475. The molecule has 0 unspecified atom stereocenters. The number of aromatic nitrogens is 1. The SMILES string of the molecule is CCc1noc(CC)c1CNC(=NC)NCc1ccc(CN2CCN(CC)CC2)cc1. The Kier molecular flexibility index (Phi) is 8.91. The molecule has 0 saturated carbocycles.